The average molecular weight is 106 g/mol. The molecule has 36 valence electrons. The Labute approximate surface area is 41.3 Å². The standard InChI is InChI=1S/C2H6N2OS/c3-1-4-2(5)6/h1,3H2,(H2,4,5,6). The highest BCUT2D eigenvalue weighted by Crippen LogP contribution is 1.68. The second kappa shape index (κ2) is 2.99. The first-order valence-electron chi connectivity index (χ1n) is 1.44. The van der Waals surface area contributed by atoms with Crippen molar-refractivity contribution in [1.82, 2.24) is 5.32 Å². The third-order valence-electron chi connectivity index (χ3n) is 0.253. The molecular weight excluding hydrogens is 100 g/mol. The summed E-state index contributed by atoms with van der Waals surface area (Å²) >= 11 is 3.35. The van der Waals surface area contributed by atoms with E-state index in [1.165, 1.54) is 0 Å². The average Bonchev–Trinajstić information content (AvgIpc) is 1.35. The van der Waals surface area contributed by atoms with E-state index in [1.54, 1.807) is 0 Å². The van der Waals surface area contributed by atoms with Gasteiger partial charge in [0, 0.05) is 0 Å². The van der Waals surface area contributed by atoms with Gasteiger partial charge in [0.1, 0.15) is 0 Å². The topological polar surface area (TPSA) is 55.1 Å². The smallest absolute Gasteiger partial charge is 0.276 e. The van der Waals surface area contributed by atoms with Crippen molar-refractivity contribution in [2.45, 2.75) is 0 Å². The van der Waals surface area contributed by atoms with Crippen LogP contribution in [0.2, 0.25) is 0 Å². The monoisotopic (exact) mass is 106 g/mol. The largest absolute Gasteiger partial charge is 0.335 e. The second-order valence-electron chi connectivity index (χ2n) is 0.686. The Morgan fingerprint density at radius 1 is 2.00 bits per heavy atom. The summed E-state index contributed by atoms with van der Waals surface area (Å²) in [7, 11) is 0. The lowest BCUT2D eigenvalue weighted by molar-refractivity contribution is 0.261. The molecule has 0 atom stereocenters. The summed E-state index contributed by atoms with van der Waals surface area (Å²) in [6.07, 6.45) is 0. The molecule has 0 aliphatic rings. The van der Waals surface area contributed by atoms with Crippen LogP contribution in [-0.4, -0.2) is 11.9 Å². The van der Waals surface area contributed by atoms with Crippen LogP contribution >= 0.6 is 12.6 Å². The highest BCUT2D eigenvalue weighted by Gasteiger charge is 1.80. The molecule has 0 heterocycles. The highest BCUT2D eigenvalue weighted by molar-refractivity contribution is 7.96. The fourth-order valence-corrected chi connectivity index (χ4v) is 0.179. The molecule has 0 saturated carbocycles. The molecule has 0 aliphatic carbocycles. The first kappa shape index (κ1) is 5.78. The zero-order valence-corrected chi connectivity index (χ0v) is 4.03. The molecule has 0 aromatic heterocycles. The molecule has 1 amide bonds. The molecule has 6 heavy (non-hydrogen) atoms. The van der Waals surface area contributed by atoms with Gasteiger partial charge >= 0.3 is 0 Å². The molecule has 0 unspecified atom stereocenters. The van der Waals surface area contributed by atoms with E-state index < -0.39 is 5.24 Å². The number of carbonyl (C=O) groups excluding carboxylic acids is 1. The first-order valence-corrected chi connectivity index (χ1v) is 1.89. The summed E-state index contributed by atoms with van der Waals surface area (Å²) in [5.41, 5.74) is 4.85. The van der Waals surface area contributed by atoms with Gasteiger partial charge in [0.25, 0.3) is 5.24 Å². The van der Waals surface area contributed by atoms with Crippen LogP contribution in [0.25, 0.3) is 0 Å². The lowest BCUT2D eigenvalue weighted by Gasteiger charge is -1.88. The van der Waals surface area contributed by atoms with E-state index in [2.05, 4.69) is 17.9 Å². The van der Waals surface area contributed by atoms with Crippen molar-refractivity contribution >= 4 is 17.9 Å². The molecule has 3 N–H and O–H groups in total. The maximum absolute atomic E-state index is 9.72. The molecule has 3 nitrogen and oxygen atoms in total. The van der Waals surface area contributed by atoms with Crippen molar-refractivity contribution in [1.29, 1.82) is 0 Å². The van der Waals surface area contributed by atoms with Crippen molar-refractivity contribution in [2.24, 2.45) is 5.73 Å². The van der Waals surface area contributed by atoms with E-state index in [-0.39, 0.29) is 6.67 Å². The van der Waals surface area contributed by atoms with Gasteiger partial charge in [-0.25, -0.2) is 0 Å². The second-order valence-corrected chi connectivity index (χ2v) is 1.09. The summed E-state index contributed by atoms with van der Waals surface area (Å²) in [6, 6.07) is 0. The molecule has 0 fully saturated rings. The van der Waals surface area contributed by atoms with Gasteiger partial charge in [0.05, 0.1) is 6.67 Å². The van der Waals surface area contributed by atoms with Crippen molar-refractivity contribution in [3.63, 3.8) is 0 Å². The normalized spacial score (nSPS) is 7.67. The van der Waals surface area contributed by atoms with Crippen molar-refractivity contribution in [3.05, 3.63) is 0 Å². The number of nitrogens with two attached hydrogens (primary N) is 1. The zero-order chi connectivity index (χ0) is 4.99. The number of hydrogen-bond donors (Lipinski definition) is 3. The first-order chi connectivity index (χ1) is 2.77. The molecule has 0 aliphatic heterocycles. The summed E-state index contributed by atoms with van der Waals surface area (Å²) < 4.78 is 0. The number of amides is 1. The third-order valence-corrected chi connectivity index (χ3v) is 0.411. The Bertz CT molecular complexity index is 55.5. The maximum Gasteiger partial charge on any atom is 0.276 e. The van der Waals surface area contributed by atoms with E-state index >= 15 is 0 Å². The molecule has 0 spiro atoms. The van der Waals surface area contributed by atoms with Crippen LogP contribution in [0.15, 0.2) is 0 Å². The lowest BCUT2D eigenvalue weighted by atomic mass is 11.1. The van der Waals surface area contributed by atoms with E-state index in [1.807, 2.05) is 0 Å². The third kappa shape index (κ3) is 3.78. The van der Waals surface area contributed by atoms with E-state index in [0.29, 0.717) is 0 Å². The predicted molar refractivity (Wildman–Crippen MR) is 26.6 cm³/mol. The molecular formula is C2H6N2OS. The molecule has 0 saturated heterocycles. The minimum Gasteiger partial charge on any atom is -0.335 e. The fraction of sp³-hybridized carbons (Fsp3) is 0.500. The quantitative estimate of drug-likeness (QED) is 0.313. The summed E-state index contributed by atoms with van der Waals surface area (Å²) in [6.45, 7) is 0.155. The maximum atomic E-state index is 9.72. The van der Waals surface area contributed by atoms with Gasteiger partial charge in [-0.05, 0) is 0 Å². The van der Waals surface area contributed by atoms with Crippen LogP contribution in [0.1, 0.15) is 0 Å². The van der Waals surface area contributed by atoms with Gasteiger partial charge in [-0.1, -0.05) is 12.6 Å². The number of carbonyl (C=O) groups is 1. The number of nitrogens with one attached hydrogen (secondary N) is 1. The Morgan fingerprint density at radius 2 is 2.50 bits per heavy atom. The highest BCUT2D eigenvalue weighted by atomic mass is 32.1. The predicted octanol–water partition coefficient (Wildman–Crippen LogP) is -0.458. The van der Waals surface area contributed by atoms with Gasteiger partial charge in [-0.15, -0.1) is 0 Å². The summed E-state index contributed by atoms with van der Waals surface area (Å²) in [5.74, 6) is 0. The Balaban J connectivity index is 2.83. The van der Waals surface area contributed by atoms with Crippen LogP contribution in [0.3, 0.4) is 0 Å². The Hall–Kier alpha value is -0.220. The van der Waals surface area contributed by atoms with Crippen LogP contribution < -0.4 is 11.1 Å². The van der Waals surface area contributed by atoms with E-state index in [4.69, 9.17) is 5.73 Å². The minimum atomic E-state index is -0.391. The van der Waals surface area contributed by atoms with Crippen LogP contribution in [-0.2, 0) is 0 Å². The van der Waals surface area contributed by atoms with E-state index in [9.17, 15) is 4.79 Å². The molecule has 0 radical (unpaired) electrons. The lowest BCUT2D eigenvalue weighted by Crippen LogP contribution is -2.24. The van der Waals surface area contributed by atoms with Gasteiger partial charge in [-0.3, -0.25) is 4.79 Å². The van der Waals surface area contributed by atoms with Gasteiger partial charge in [0.2, 0.25) is 0 Å². The summed E-state index contributed by atoms with van der Waals surface area (Å²) in [4.78, 5) is 9.72. The molecule has 0 aromatic carbocycles. The Kier molecular flexibility index (Phi) is 2.88. The van der Waals surface area contributed by atoms with Crippen molar-refractivity contribution < 1.29 is 4.79 Å². The molecule has 4 heteroatoms. The van der Waals surface area contributed by atoms with Crippen LogP contribution in [0, 0.1) is 0 Å². The molecule has 0 aromatic rings. The SMILES string of the molecule is NCNC(=O)S. The molecule has 0 bridgehead atoms. The van der Waals surface area contributed by atoms with Crippen LogP contribution in [0.5, 0.6) is 0 Å². The minimum absolute atomic E-state index is 0.155. The molecule has 0 rings (SSSR count). The zero-order valence-electron chi connectivity index (χ0n) is 3.14. The van der Waals surface area contributed by atoms with Crippen molar-refractivity contribution in [3.8, 4) is 0 Å². The van der Waals surface area contributed by atoms with Crippen LogP contribution in [0.4, 0.5) is 4.79 Å². The van der Waals surface area contributed by atoms with Gasteiger partial charge < -0.3 is 11.1 Å². The Morgan fingerprint density at radius 3 is 2.50 bits per heavy atom. The van der Waals surface area contributed by atoms with Gasteiger partial charge in [0.15, 0.2) is 0 Å². The number of hydrogen-bond acceptors (Lipinski definition) is 2. The van der Waals surface area contributed by atoms with Gasteiger partial charge in [-0.2, -0.15) is 0 Å². The van der Waals surface area contributed by atoms with E-state index in [0.717, 1.165) is 0 Å². The summed E-state index contributed by atoms with van der Waals surface area (Å²) in [5, 5.41) is 1.82. The number of rotatable bonds is 1. The van der Waals surface area contributed by atoms with Crippen molar-refractivity contribution in [2.75, 3.05) is 6.67 Å². The fourth-order valence-electron chi connectivity index (χ4n) is 0.0873. The number of thiol groups is 1.